The maximum atomic E-state index is 12.8. The zero-order valence-electron chi connectivity index (χ0n) is 17.2. The molecule has 1 amide bonds. The second-order valence-corrected chi connectivity index (χ2v) is 8.74. The molecule has 1 aliphatic rings. The molecule has 31 heavy (non-hydrogen) atoms. The molecular formula is C23H23N5O2S. The number of nitrogens with zero attached hydrogens (tertiary/aromatic N) is 4. The number of nitrogens with one attached hydrogen (secondary N) is 1. The van der Waals surface area contributed by atoms with Crippen LogP contribution in [-0.2, 0) is 6.54 Å². The van der Waals surface area contributed by atoms with Crippen LogP contribution in [0.3, 0.4) is 0 Å². The molecule has 0 bridgehead atoms. The van der Waals surface area contributed by atoms with Gasteiger partial charge in [-0.25, -0.2) is 4.98 Å². The molecule has 5 rings (SSSR count). The molecule has 7 nitrogen and oxygen atoms in total. The molecule has 4 aromatic rings. The molecule has 1 saturated heterocycles. The van der Waals surface area contributed by atoms with Crippen molar-refractivity contribution >= 4 is 33.9 Å². The Hall–Kier alpha value is -3.23. The van der Waals surface area contributed by atoms with Gasteiger partial charge >= 0.3 is 0 Å². The van der Waals surface area contributed by atoms with Crippen molar-refractivity contribution in [2.45, 2.75) is 6.54 Å². The molecule has 0 saturated carbocycles. The number of anilines is 1. The summed E-state index contributed by atoms with van der Waals surface area (Å²) in [5.74, 6) is 0.0389. The Kier molecular flexibility index (Phi) is 5.40. The zero-order chi connectivity index (χ0) is 21.2. The van der Waals surface area contributed by atoms with Crippen LogP contribution >= 0.6 is 11.3 Å². The van der Waals surface area contributed by atoms with E-state index in [0.717, 1.165) is 43.8 Å². The SMILES string of the molecule is CN1CCN(C(=O)c2cnc(-c3noc4cc(NCc5ccccc5)ccc34)s2)CC1. The van der Waals surface area contributed by atoms with Gasteiger partial charge in [0.15, 0.2) is 5.58 Å². The fourth-order valence-corrected chi connectivity index (χ4v) is 4.53. The second kappa shape index (κ2) is 8.49. The van der Waals surface area contributed by atoms with Gasteiger partial charge in [0.2, 0.25) is 0 Å². The number of carbonyl (C=O) groups is 1. The lowest BCUT2D eigenvalue weighted by Gasteiger charge is -2.31. The van der Waals surface area contributed by atoms with E-state index in [9.17, 15) is 4.79 Å². The lowest BCUT2D eigenvalue weighted by Crippen LogP contribution is -2.46. The number of amides is 1. The van der Waals surface area contributed by atoms with Gasteiger partial charge in [0.05, 0.1) is 11.6 Å². The third-order valence-electron chi connectivity index (χ3n) is 5.52. The third-order valence-corrected chi connectivity index (χ3v) is 6.51. The third kappa shape index (κ3) is 4.17. The number of hydrogen-bond donors (Lipinski definition) is 1. The first-order chi connectivity index (χ1) is 15.2. The van der Waals surface area contributed by atoms with E-state index in [1.54, 1.807) is 6.20 Å². The van der Waals surface area contributed by atoms with Crippen molar-refractivity contribution in [2.24, 2.45) is 0 Å². The van der Waals surface area contributed by atoms with Crippen LogP contribution in [0.4, 0.5) is 5.69 Å². The minimum Gasteiger partial charge on any atom is -0.381 e. The van der Waals surface area contributed by atoms with Crippen molar-refractivity contribution in [1.82, 2.24) is 19.9 Å². The van der Waals surface area contributed by atoms with E-state index in [1.165, 1.54) is 16.9 Å². The highest BCUT2D eigenvalue weighted by Gasteiger charge is 2.23. The summed E-state index contributed by atoms with van der Waals surface area (Å²) in [4.78, 5) is 22.0. The largest absolute Gasteiger partial charge is 0.381 e. The van der Waals surface area contributed by atoms with Crippen LogP contribution in [0, 0.1) is 0 Å². The van der Waals surface area contributed by atoms with Gasteiger partial charge in [-0.05, 0) is 24.7 Å². The average Bonchev–Trinajstić information content (AvgIpc) is 3.45. The Morgan fingerprint density at radius 2 is 1.94 bits per heavy atom. The van der Waals surface area contributed by atoms with E-state index in [0.29, 0.717) is 21.2 Å². The summed E-state index contributed by atoms with van der Waals surface area (Å²) in [6.07, 6.45) is 1.65. The molecule has 1 aliphatic heterocycles. The Morgan fingerprint density at radius 1 is 1.13 bits per heavy atom. The van der Waals surface area contributed by atoms with Crippen molar-refractivity contribution in [1.29, 1.82) is 0 Å². The van der Waals surface area contributed by atoms with E-state index in [-0.39, 0.29) is 5.91 Å². The molecule has 0 atom stereocenters. The molecule has 0 radical (unpaired) electrons. The molecule has 0 unspecified atom stereocenters. The summed E-state index contributed by atoms with van der Waals surface area (Å²) in [5.41, 5.74) is 3.53. The molecule has 2 aromatic heterocycles. The highest BCUT2D eigenvalue weighted by atomic mass is 32.1. The van der Waals surface area contributed by atoms with Gasteiger partial charge in [-0.3, -0.25) is 4.79 Å². The Morgan fingerprint density at radius 3 is 2.74 bits per heavy atom. The van der Waals surface area contributed by atoms with Crippen molar-refractivity contribution in [2.75, 3.05) is 38.5 Å². The Balaban J connectivity index is 1.32. The summed E-state index contributed by atoms with van der Waals surface area (Å²) in [6.45, 7) is 4.01. The first-order valence-electron chi connectivity index (χ1n) is 10.3. The number of hydrogen-bond acceptors (Lipinski definition) is 7. The number of benzene rings is 2. The monoisotopic (exact) mass is 433 g/mol. The molecule has 1 N–H and O–H groups in total. The van der Waals surface area contributed by atoms with Gasteiger partial charge in [-0.15, -0.1) is 11.3 Å². The van der Waals surface area contributed by atoms with Crippen LogP contribution in [0.2, 0.25) is 0 Å². The van der Waals surface area contributed by atoms with Crippen LogP contribution in [0.25, 0.3) is 21.7 Å². The van der Waals surface area contributed by atoms with E-state index < -0.39 is 0 Å². The van der Waals surface area contributed by atoms with Crippen molar-refractivity contribution in [3.8, 4) is 10.7 Å². The Bertz CT molecular complexity index is 1200. The standard InChI is InChI=1S/C23H23N5O2S/c1-27-9-11-28(12-10-27)23(29)20-15-25-22(31-20)21-18-8-7-17(13-19(18)30-26-21)24-14-16-5-3-2-4-6-16/h2-8,13,15,24H,9-12,14H2,1H3. The van der Waals surface area contributed by atoms with E-state index >= 15 is 0 Å². The molecular weight excluding hydrogens is 410 g/mol. The fourth-order valence-electron chi connectivity index (χ4n) is 3.65. The van der Waals surface area contributed by atoms with E-state index in [4.69, 9.17) is 4.52 Å². The minimum absolute atomic E-state index is 0.0389. The molecule has 3 heterocycles. The Labute approximate surface area is 184 Å². The van der Waals surface area contributed by atoms with Crippen molar-refractivity contribution in [3.05, 3.63) is 65.2 Å². The van der Waals surface area contributed by atoms with Gasteiger partial charge in [0.1, 0.15) is 15.6 Å². The summed E-state index contributed by atoms with van der Waals surface area (Å²) in [5, 5.41) is 9.22. The molecule has 1 fully saturated rings. The van der Waals surface area contributed by atoms with Crippen LogP contribution in [0.15, 0.2) is 59.3 Å². The molecule has 0 spiro atoms. The predicted octanol–water partition coefficient (Wildman–Crippen LogP) is 3.95. The topological polar surface area (TPSA) is 74.5 Å². The highest BCUT2D eigenvalue weighted by molar-refractivity contribution is 7.17. The van der Waals surface area contributed by atoms with Crippen molar-refractivity contribution in [3.63, 3.8) is 0 Å². The van der Waals surface area contributed by atoms with E-state index in [2.05, 4.69) is 39.5 Å². The first kappa shape index (κ1) is 19.7. The number of fused-ring (bicyclic) bond motifs is 1. The number of carbonyl (C=O) groups excluding carboxylic acids is 1. The number of rotatable bonds is 5. The number of piperazine rings is 1. The number of thiazole rings is 1. The lowest BCUT2D eigenvalue weighted by atomic mass is 10.2. The number of aromatic nitrogens is 2. The van der Waals surface area contributed by atoms with Gasteiger partial charge in [-0.1, -0.05) is 35.5 Å². The zero-order valence-corrected chi connectivity index (χ0v) is 18.1. The molecule has 8 heteroatoms. The summed E-state index contributed by atoms with van der Waals surface area (Å²) in [6, 6.07) is 16.2. The van der Waals surface area contributed by atoms with Crippen LogP contribution < -0.4 is 5.32 Å². The summed E-state index contributed by atoms with van der Waals surface area (Å²) in [7, 11) is 2.07. The average molecular weight is 434 g/mol. The van der Waals surface area contributed by atoms with Gasteiger partial charge < -0.3 is 19.6 Å². The van der Waals surface area contributed by atoms with Crippen LogP contribution in [0.5, 0.6) is 0 Å². The number of likely N-dealkylation sites (N-methyl/N-ethyl adjacent to an activating group) is 1. The second-order valence-electron chi connectivity index (χ2n) is 7.71. The summed E-state index contributed by atoms with van der Waals surface area (Å²) < 4.78 is 5.57. The summed E-state index contributed by atoms with van der Waals surface area (Å²) >= 11 is 1.37. The van der Waals surface area contributed by atoms with Crippen LogP contribution in [0.1, 0.15) is 15.2 Å². The fraction of sp³-hybridized carbons (Fsp3) is 0.261. The predicted molar refractivity (Wildman–Crippen MR) is 122 cm³/mol. The highest BCUT2D eigenvalue weighted by Crippen LogP contribution is 2.32. The molecule has 0 aliphatic carbocycles. The van der Waals surface area contributed by atoms with Gasteiger partial charge in [-0.2, -0.15) is 0 Å². The minimum atomic E-state index is 0.0389. The molecule has 2 aromatic carbocycles. The van der Waals surface area contributed by atoms with Crippen LogP contribution in [-0.4, -0.2) is 59.1 Å². The maximum Gasteiger partial charge on any atom is 0.265 e. The smallest absolute Gasteiger partial charge is 0.265 e. The van der Waals surface area contributed by atoms with Gasteiger partial charge in [0, 0.05) is 44.5 Å². The normalized spacial score (nSPS) is 14.8. The van der Waals surface area contributed by atoms with Crippen molar-refractivity contribution < 1.29 is 9.32 Å². The molecule has 158 valence electrons. The first-order valence-corrected chi connectivity index (χ1v) is 11.1. The lowest BCUT2D eigenvalue weighted by molar-refractivity contribution is 0.0668. The van der Waals surface area contributed by atoms with Gasteiger partial charge in [0.25, 0.3) is 5.91 Å². The maximum absolute atomic E-state index is 12.8. The van der Waals surface area contributed by atoms with E-state index in [1.807, 2.05) is 41.3 Å². The quantitative estimate of drug-likeness (QED) is 0.514.